The molecule has 0 unspecified atom stereocenters. The van der Waals surface area contributed by atoms with Crippen molar-refractivity contribution in [2.24, 2.45) is 0 Å². The van der Waals surface area contributed by atoms with Gasteiger partial charge in [0.25, 0.3) is 0 Å². The molecule has 4 heteroatoms. The highest BCUT2D eigenvalue weighted by Gasteiger charge is 2.07. The van der Waals surface area contributed by atoms with E-state index in [1.807, 2.05) is 25.3 Å². The van der Waals surface area contributed by atoms with E-state index in [2.05, 4.69) is 15.3 Å². The summed E-state index contributed by atoms with van der Waals surface area (Å²) in [5.41, 5.74) is 1.83. The third-order valence-corrected chi connectivity index (χ3v) is 2.46. The van der Waals surface area contributed by atoms with Crippen molar-refractivity contribution in [2.45, 2.75) is 19.8 Å². The van der Waals surface area contributed by atoms with Gasteiger partial charge in [-0.05, 0) is 24.1 Å². The molecule has 0 aliphatic rings. The fourth-order valence-electron chi connectivity index (χ4n) is 1.66. The average molecular weight is 217 g/mol. The van der Waals surface area contributed by atoms with Crippen LogP contribution in [0.5, 0.6) is 0 Å². The fraction of sp³-hybridized carbons (Fsp3) is 0.333. The van der Waals surface area contributed by atoms with E-state index in [1.165, 1.54) is 0 Å². The third kappa shape index (κ3) is 2.21. The molecule has 0 saturated heterocycles. The Hall–Kier alpha value is -1.84. The van der Waals surface area contributed by atoms with E-state index in [0.29, 0.717) is 6.42 Å². The largest absolute Gasteiger partial charge is 0.356 e. The summed E-state index contributed by atoms with van der Waals surface area (Å²) in [6, 6.07) is 3.85. The standard InChI is InChI=1S/C12H15N3O/c1-2-5-13-11(16)7-9-8-15-12-10(9)4-3-6-14-12/h3-4,6,8H,2,5,7H2,1H3,(H,13,16)(H,14,15). The van der Waals surface area contributed by atoms with E-state index in [4.69, 9.17) is 0 Å². The lowest BCUT2D eigenvalue weighted by molar-refractivity contribution is -0.120. The average Bonchev–Trinajstić information content (AvgIpc) is 2.70. The van der Waals surface area contributed by atoms with Gasteiger partial charge in [-0.1, -0.05) is 6.92 Å². The first-order chi connectivity index (χ1) is 7.81. The Morgan fingerprint density at radius 3 is 3.25 bits per heavy atom. The number of pyridine rings is 1. The molecule has 2 aromatic heterocycles. The van der Waals surface area contributed by atoms with Crippen LogP contribution in [-0.2, 0) is 11.2 Å². The lowest BCUT2D eigenvalue weighted by atomic mass is 10.1. The first-order valence-corrected chi connectivity index (χ1v) is 5.49. The van der Waals surface area contributed by atoms with Gasteiger partial charge in [0.1, 0.15) is 5.65 Å². The second-order valence-corrected chi connectivity index (χ2v) is 3.74. The van der Waals surface area contributed by atoms with Crippen LogP contribution in [0.1, 0.15) is 18.9 Å². The number of aromatic amines is 1. The van der Waals surface area contributed by atoms with Gasteiger partial charge >= 0.3 is 0 Å². The number of amides is 1. The molecule has 0 atom stereocenters. The van der Waals surface area contributed by atoms with Crippen molar-refractivity contribution in [1.29, 1.82) is 0 Å². The highest BCUT2D eigenvalue weighted by atomic mass is 16.1. The van der Waals surface area contributed by atoms with Crippen LogP contribution in [-0.4, -0.2) is 22.4 Å². The van der Waals surface area contributed by atoms with Crippen LogP contribution in [0.25, 0.3) is 11.0 Å². The summed E-state index contributed by atoms with van der Waals surface area (Å²) in [5.74, 6) is 0.0617. The van der Waals surface area contributed by atoms with Gasteiger partial charge in [0.05, 0.1) is 6.42 Å². The molecule has 16 heavy (non-hydrogen) atoms. The maximum Gasteiger partial charge on any atom is 0.224 e. The Bertz CT molecular complexity index is 490. The molecule has 2 aromatic rings. The molecule has 4 nitrogen and oxygen atoms in total. The Kier molecular flexibility index (Phi) is 3.19. The van der Waals surface area contributed by atoms with Crippen LogP contribution in [0.3, 0.4) is 0 Å². The van der Waals surface area contributed by atoms with Gasteiger partial charge in [-0.3, -0.25) is 4.79 Å². The summed E-state index contributed by atoms with van der Waals surface area (Å²) in [7, 11) is 0. The molecule has 0 spiro atoms. The molecule has 0 fully saturated rings. The molecule has 2 heterocycles. The summed E-state index contributed by atoms with van der Waals surface area (Å²) in [5, 5.41) is 3.88. The maximum atomic E-state index is 11.6. The molecule has 2 N–H and O–H groups in total. The summed E-state index contributed by atoms with van der Waals surface area (Å²) >= 11 is 0. The van der Waals surface area contributed by atoms with Crippen molar-refractivity contribution in [3.8, 4) is 0 Å². The number of nitrogens with one attached hydrogen (secondary N) is 2. The van der Waals surface area contributed by atoms with Crippen LogP contribution in [0.2, 0.25) is 0 Å². The predicted molar refractivity (Wildman–Crippen MR) is 63.1 cm³/mol. The normalized spacial score (nSPS) is 10.6. The van der Waals surface area contributed by atoms with E-state index in [-0.39, 0.29) is 5.91 Å². The van der Waals surface area contributed by atoms with Gasteiger partial charge in [-0.25, -0.2) is 4.98 Å². The lowest BCUT2D eigenvalue weighted by Crippen LogP contribution is -2.25. The Morgan fingerprint density at radius 1 is 1.56 bits per heavy atom. The first kappa shape index (κ1) is 10.7. The monoisotopic (exact) mass is 217 g/mol. The van der Waals surface area contributed by atoms with Gasteiger partial charge in [0.15, 0.2) is 0 Å². The molecule has 2 rings (SSSR count). The maximum absolute atomic E-state index is 11.6. The van der Waals surface area contributed by atoms with Gasteiger partial charge < -0.3 is 10.3 Å². The van der Waals surface area contributed by atoms with Crippen LogP contribution in [0.15, 0.2) is 24.5 Å². The Labute approximate surface area is 94.1 Å². The summed E-state index contributed by atoms with van der Waals surface area (Å²) in [4.78, 5) is 18.8. The molecule has 0 bridgehead atoms. The SMILES string of the molecule is CCCNC(=O)Cc1c[nH]c2ncccc12. The van der Waals surface area contributed by atoms with Gasteiger partial charge in [0, 0.05) is 24.3 Å². The minimum Gasteiger partial charge on any atom is -0.356 e. The van der Waals surface area contributed by atoms with Crippen LogP contribution >= 0.6 is 0 Å². The molecule has 1 amide bonds. The third-order valence-electron chi connectivity index (χ3n) is 2.46. The van der Waals surface area contributed by atoms with Crippen molar-refractivity contribution in [2.75, 3.05) is 6.54 Å². The number of hydrogen-bond donors (Lipinski definition) is 2. The highest BCUT2D eigenvalue weighted by Crippen LogP contribution is 2.15. The van der Waals surface area contributed by atoms with Crippen LogP contribution in [0, 0.1) is 0 Å². The van der Waals surface area contributed by atoms with E-state index in [9.17, 15) is 4.79 Å². The smallest absolute Gasteiger partial charge is 0.224 e. The summed E-state index contributed by atoms with van der Waals surface area (Å²) in [6.45, 7) is 2.77. The van der Waals surface area contributed by atoms with Gasteiger partial charge in [0.2, 0.25) is 5.91 Å². The van der Waals surface area contributed by atoms with Gasteiger partial charge in [-0.2, -0.15) is 0 Å². The van der Waals surface area contributed by atoms with Crippen LogP contribution in [0.4, 0.5) is 0 Å². The topological polar surface area (TPSA) is 57.8 Å². The van der Waals surface area contributed by atoms with E-state index in [0.717, 1.165) is 29.6 Å². The minimum atomic E-state index is 0.0617. The zero-order chi connectivity index (χ0) is 11.4. The fourth-order valence-corrected chi connectivity index (χ4v) is 1.66. The van der Waals surface area contributed by atoms with Crippen molar-refractivity contribution in [3.63, 3.8) is 0 Å². The zero-order valence-corrected chi connectivity index (χ0v) is 9.29. The number of nitrogens with zero attached hydrogens (tertiary/aromatic N) is 1. The molecule has 0 aliphatic carbocycles. The number of carbonyl (C=O) groups excluding carboxylic acids is 1. The zero-order valence-electron chi connectivity index (χ0n) is 9.29. The van der Waals surface area contributed by atoms with Crippen molar-refractivity contribution < 1.29 is 4.79 Å². The first-order valence-electron chi connectivity index (χ1n) is 5.49. The number of H-pyrrole nitrogens is 1. The lowest BCUT2D eigenvalue weighted by Gasteiger charge is -2.01. The predicted octanol–water partition coefficient (Wildman–Crippen LogP) is 1.63. The van der Waals surface area contributed by atoms with E-state index >= 15 is 0 Å². The molecular weight excluding hydrogens is 202 g/mol. The van der Waals surface area contributed by atoms with Crippen molar-refractivity contribution in [3.05, 3.63) is 30.1 Å². The molecular formula is C12H15N3O. The van der Waals surface area contributed by atoms with Crippen molar-refractivity contribution in [1.82, 2.24) is 15.3 Å². The highest BCUT2D eigenvalue weighted by molar-refractivity contribution is 5.86. The number of aromatic nitrogens is 2. The van der Waals surface area contributed by atoms with Gasteiger partial charge in [-0.15, -0.1) is 0 Å². The molecule has 0 radical (unpaired) electrons. The second-order valence-electron chi connectivity index (χ2n) is 3.74. The van der Waals surface area contributed by atoms with E-state index < -0.39 is 0 Å². The number of hydrogen-bond acceptors (Lipinski definition) is 2. The molecule has 0 aromatic carbocycles. The Balaban J connectivity index is 2.12. The summed E-state index contributed by atoms with van der Waals surface area (Å²) < 4.78 is 0. The molecule has 0 saturated carbocycles. The number of fused-ring (bicyclic) bond motifs is 1. The summed E-state index contributed by atoms with van der Waals surface area (Å²) in [6.07, 6.45) is 4.95. The molecule has 84 valence electrons. The Morgan fingerprint density at radius 2 is 2.44 bits per heavy atom. The number of rotatable bonds is 4. The molecule has 0 aliphatic heterocycles. The number of carbonyl (C=O) groups is 1. The van der Waals surface area contributed by atoms with E-state index in [1.54, 1.807) is 6.20 Å². The quantitative estimate of drug-likeness (QED) is 0.817. The minimum absolute atomic E-state index is 0.0617. The van der Waals surface area contributed by atoms with Crippen LogP contribution < -0.4 is 5.32 Å². The second kappa shape index (κ2) is 4.79. The van der Waals surface area contributed by atoms with Crippen molar-refractivity contribution >= 4 is 16.9 Å².